The number of nitrogens with zero attached hydrogens (tertiary/aromatic N) is 2. The van der Waals surface area contributed by atoms with Gasteiger partial charge in [0.05, 0.1) is 11.7 Å². The van der Waals surface area contributed by atoms with Crippen LogP contribution in [0.25, 0.3) is 0 Å². The SMILES string of the molecule is Cc1cc([C@@H]2CCCN2C(=O)CCNC(=O)OCC(F)(F)F)on1. The van der Waals surface area contributed by atoms with Crippen LogP contribution in [0.5, 0.6) is 0 Å². The molecule has 0 spiro atoms. The number of aryl methyl sites for hydroxylation is 1. The monoisotopic (exact) mass is 349 g/mol. The Morgan fingerprint density at radius 1 is 1.50 bits per heavy atom. The van der Waals surface area contributed by atoms with Crippen molar-refractivity contribution in [2.75, 3.05) is 19.7 Å². The number of ether oxygens (including phenoxy) is 1. The molecule has 1 aliphatic heterocycles. The number of alkyl halides is 3. The van der Waals surface area contributed by atoms with Gasteiger partial charge in [-0.2, -0.15) is 13.2 Å². The third kappa shape index (κ3) is 5.14. The van der Waals surface area contributed by atoms with Gasteiger partial charge in [0.2, 0.25) is 5.91 Å². The summed E-state index contributed by atoms with van der Waals surface area (Å²) in [7, 11) is 0. The summed E-state index contributed by atoms with van der Waals surface area (Å²) in [6, 6.07) is 1.57. The fourth-order valence-corrected chi connectivity index (χ4v) is 2.51. The second-order valence-corrected chi connectivity index (χ2v) is 5.48. The molecule has 1 saturated heterocycles. The molecular formula is C14H18F3N3O4. The van der Waals surface area contributed by atoms with Crippen LogP contribution in [0.2, 0.25) is 0 Å². The van der Waals surface area contributed by atoms with Gasteiger partial charge in [-0.05, 0) is 19.8 Å². The summed E-state index contributed by atoms with van der Waals surface area (Å²) in [6.07, 6.45) is -4.25. The van der Waals surface area contributed by atoms with Crippen molar-refractivity contribution in [3.05, 3.63) is 17.5 Å². The lowest BCUT2D eigenvalue weighted by Crippen LogP contribution is -2.35. The molecule has 1 aromatic heterocycles. The minimum atomic E-state index is -4.58. The van der Waals surface area contributed by atoms with Crippen LogP contribution in [-0.4, -0.2) is 47.9 Å². The average Bonchev–Trinajstić information content (AvgIpc) is 3.12. The van der Waals surface area contributed by atoms with Gasteiger partial charge in [0.25, 0.3) is 0 Å². The van der Waals surface area contributed by atoms with Crippen LogP contribution in [0.1, 0.15) is 36.8 Å². The van der Waals surface area contributed by atoms with Gasteiger partial charge in [-0.15, -0.1) is 0 Å². The van der Waals surface area contributed by atoms with Crippen molar-refractivity contribution in [2.45, 2.75) is 38.4 Å². The number of hydrogen-bond donors (Lipinski definition) is 1. The van der Waals surface area contributed by atoms with Crippen molar-refractivity contribution in [3.8, 4) is 0 Å². The number of carbonyl (C=O) groups is 2. The Kier molecular flexibility index (Phi) is 5.68. The summed E-state index contributed by atoms with van der Waals surface area (Å²) in [6.45, 7) is 0.576. The first-order valence-corrected chi connectivity index (χ1v) is 7.46. The number of carbonyl (C=O) groups excluding carboxylic acids is 2. The zero-order valence-corrected chi connectivity index (χ0v) is 13.1. The maximum atomic E-state index is 12.2. The van der Waals surface area contributed by atoms with Gasteiger partial charge in [0.1, 0.15) is 0 Å². The number of rotatable bonds is 5. The van der Waals surface area contributed by atoms with Crippen molar-refractivity contribution < 1.29 is 32.0 Å². The molecule has 10 heteroatoms. The van der Waals surface area contributed by atoms with E-state index in [0.717, 1.165) is 18.5 Å². The van der Waals surface area contributed by atoms with Crippen molar-refractivity contribution in [1.82, 2.24) is 15.4 Å². The Hall–Kier alpha value is -2.26. The summed E-state index contributed by atoms with van der Waals surface area (Å²) < 4.78 is 44.9. The summed E-state index contributed by atoms with van der Waals surface area (Å²) in [5.74, 6) is 0.388. The number of halogens is 3. The molecule has 1 fully saturated rings. The van der Waals surface area contributed by atoms with Crippen molar-refractivity contribution in [1.29, 1.82) is 0 Å². The summed E-state index contributed by atoms with van der Waals surface area (Å²) in [5, 5.41) is 5.93. The smallest absolute Gasteiger partial charge is 0.422 e. The molecule has 0 unspecified atom stereocenters. The van der Waals surface area contributed by atoms with Gasteiger partial charge in [0.15, 0.2) is 12.4 Å². The molecule has 1 N–H and O–H groups in total. The molecule has 0 bridgehead atoms. The quantitative estimate of drug-likeness (QED) is 0.882. The van der Waals surface area contributed by atoms with E-state index in [1.54, 1.807) is 17.9 Å². The zero-order valence-electron chi connectivity index (χ0n) is 13.1. The Balaban J connectivity index is 1.77. The van der Waals surface area contributed by atoms with E-state index in [9.17, 15) is 22.8 Å². The molecule has 2 heterocycles. The molecule has 0 saturated carbocycles. The van der Waals surface area contributed by atoms with Crippen LogP contribution in [-0.2, 0) is 9.53 Å². The molecule has 7 nitrogen and oxygen atoms in total. The molecule has 0 aliphatic carbocycles. The van der Waals surface area contributed by atoms with E-state index in [1.807, 2.05) is 0 Å². The highest BCUT2D eigenvalue weighted by Gasteiger charge is 2.32. The van der Waals surface area contributed by atoms with Crippen molar-refractivity contribution >= 4 is 12.0 Å². The van der Waals surface area contributed by atoms with Gasteiger partial charge in [-0.3, -0.25) is 4.79 Å². The first-order chi connectivity index (χ1) is 11.3. The number of nitrogens with one attached hydrogen (secondary N) is 1. The lowest BCUT2D eigenvalue weighted by molar-refractivity contribution is -0.160. The van der Waals surface area contributed by atoms with E-state index < -0.39 is 18.9 Å². The molecular weight excluding hydrogens is 331 g/mol. The predicted molar refractivity (Wildman–Crippen MR) is 75.0 cm³/mol. The minimum absolute atomic E-state index is 0.0370. The molecule has 1 atom stereocenters. The molecule has 1 aromatic rings. The number of alkyl carbamates (subject to hydrolysis) is 1. The number of likely N-dealkylation sites (tertiary alicyclic amines) is 1. The summed E-state index contributed by atoms with van der Waals surface area (Å²) >= 11 is 0. The highest BCUT2D eigenvalue weighted by molar-refractivity contribution is 5.78. The van der Waals surface area contributed by atoms with E-state index in [2.05, 4.69) is 15.2 Å². The topological polar surface area (TPSA) is 84.7 Å². The average molecular weight is 349 g/mol. The van der Waals surface area contributed by atoms with Gasteiger partial charge in [-0.25, -0.2) is 4.79 Å². The lowest BCUT2D eigenvalue weighted by atomic mass is 10.1. The van der Waals surface area contributed by atoms with Crippen molar-refractivity contribution in [2.24, 2.45) is 0 Å². The van der Waals surface area contributed by atoms with Gasteiger partial charge >= 0.3 is 12.3 Å². The van der Waals surface area contributed by atoms with Gasteiger partial charge in [-0.1, -0.05) is 5.16 Å². The normalized spacial score (nSPS) is 17.8. The maximum absolute atomic E-state index is 12.2. The van der Waals surface area contributed by atoms with Crippen LogP contribution in [0, 0.1) is 6.92 Å². The van der Waals surface area contributed by atoms with E-state index in [-0.39, 0.29) is 24.9 Å². The second-order valence-electron chi connectivity index (χ2n) is 5.48. The fraction of sp³-hybridized carbons (Fsp3) is 0.643. The van der Waals surface area contributed by atoms with Crippen LogP contribution < -0.4 is 5.32 Å². The van der Waals surface area contributed by atoms with E-state index in [4.69, 9.17) is 4.52 Å². The fourth-order valence-electron chi connectivity index (χ4n) is 2.51. The van der Waals surface area contributed by atoms with Crippen LogP contribution in [0.4, 0.5) is 18.0 Å². The predicted octanol–water partition coefficient (Wildman–Crippen LogP) is 2.33. The Morgan fingerprint density at radius 3 is 2.88 bits per heavy atom. The first-order valence-electron chi connectivity index (χ1n) is 7.46. The lowest BCUT2D eigenvalue weighted by Gasteiger charge is -2.22. The molecule has 24 heavy (non-hydrogen) atoms. The Labute approximate surface area is 136 Å². The standard InChI is InChI=1S/C14H18F3N3O4/c1-9-7-11(24-19-9)10-3-2-6-20(10)12(21)4-5-18-13(22)23-8-14(15,16)17/h7,10H,2-6,8H2,1H3,(H,18,22)/t10-/m0/s1. The molecule has 1 aliphatic rings. The zero-order chi connectivity index (χ0) is 17.7. The third-order valence-electron chi connectivity index (χ3n) is 3.52. The van der Waals surface area contributed by atoms with Gasteiger partial charge < -0.3 is 19.5 Å². The van der Waals surface area contributed by atoms with E-state index in [1.165, 1.54) is 0 Å². The summed E-state index contributed by atoms with van der Waals surface area (Å²) in [5.41, 5.74) is 0.721. The second kappa shape index (κ2) is 7.54. The van der Waals surface area contributed by atoms with E-state index in [0.29, 0.717) is 12.3 Å². The van der Waals surface area contributed by atoms with Crippen molar-refractivity contribution in [3.63, 3.8) is 0 Å². The third-order valence-corrected chi connectivity index (χ3v) is 3.52. The number of amides is 2. The number of aromatic nitrogens is 1. The van der Waals surface area contributed by atoms with E-state index >= 15 is 0 Å². The molecule has 2 rings (SSSR count). The first kappa shape index (κ1) is 18.1. The molecule has 0 radical (unpaired) electrons. The Morgan fingerprint density at radius 2 is 2.25 bits per heavy atom. The van der Waals surface area contributed by atoms with Crippen LogP contribution in [0.3, 0.4) is 0 Å². The molecule has 2 amide bonds. The number of hydrogen-bond acceptors (Lipinski definition) is 5. The molecule has 134 valence electrons. The van der Waals surface area contributed by atoms with Crippen LogP contribution >= 0.6 is 0 Å². The van der Waals surface area contributed by atoms with Gasteiger partial charge in [0, 0.05) is 25.6 Å². The highest BCUT2D eigenvalue weighted by atomic mass is 19.4. The maximum Gasteiger partial charge on any atom is 0.422 e. The Bertz CT molecular complexity index is 588. The largest absolute Gasteiger partial charge is 0.440 e. The summed E-state index contributed by atoms with van der Waals surface area (Å²) in [4.78, 5) is 25.0. The minimum Gasteiger partial charge on any atom is -0.440 e. The highest BCUT2D eigenvalue weighted by Crippen LogP contribution is 2.32. The molecule has 0 aromatic carbocycles. The van der Waals surface area contributed by atoms with Crippen LogP contribution in [0.15, 0.2) is 10.6 Å².